The van der Waals surface area contributed by atoms with E-state index in [1.165, 1.54) is 7.11 Å². The number of hydrogen-bond donors (Lipinski definition) is 1. The number of aliphatic carboxylic acids is 1. The zero-order chi connectivity index (χ0) is 23.4. The van der Waals surface area contributed by atoms with Gasteiger partial charge in [0.05, 0.1) is 26.6 Å². The van der Waals surface area contributed by atoms with Gasteiger partial charge in [0, 0.05) is 5.56 Å². The number of carbonyl (C=O) groups excluding carboxylic acids is 1. The van der Waals surface area contributed by atoms with Crippen molar-refractivity contribution < 1.29 is 28.9 Å². The van der Waals surface area contributed by atoms with Gasteiger partial charge in [-0.05, 0) is 36.2 Å². The number of amides is 1. The smallest absolute Gasteiger partial charge is 0.410 e. The summed E-state index contributed by atoms with van der Waals surface area (Å²) in [5.74, 6) is 0.526. The molecule has 3 aromatic rings. The summed E-state index contributed by atoms with van der Waals surface area (Å²) in [6, 6.07) is 20.4. The molecule has 7 heteroatoms. The Balaban J connectivity index is 1.58. The molecule has 33 heavy (non-hydrogen) atoms. The number of carboxylic acids is 1. The van der Waals surface area contributed by atoms with Gasteiger partial charge in [0.15, 0.2) is 11.5 Å². The Kier molecular flexibility index (Phi) is 6.49. The van der Waals surface area contributed by atoms with E-state index >= 15 is 0 Å². The molecular weight excluding hydrogens is 422 g/mol. The molecule has 1 aliphatic heterocycles. The number of nitrogens with zero attached hydrogens (tertiary/aromatic N) is 1. The van der Waals surface area contributed by atoms with E-state index in [2.05, 4.69) is 0 Å². The minimum atomic E-state index is -0.928. The van der Waals surface area contributed by atoms with Crippen LogP contribution in [0, 0.1) is 6.92 Å². The molecule has 0 radical (unpaired) electrons. The number of carboxylic acid groups (broad SMARTS) is 1. The predicted molar refractivity (Wildman–Crippen MR) is 122 cm³/mol. The average molecular weight is 447 g/mol. The van der Waals surface area contributed by atoms with Crippen molar-refractivity contribution in [3.8, 4) is 17.2 Å². The molecule has 3 aromatic carbocycles. The van der Waals surface area contributed by atoms with Gasteiger partial charge in [0.1, 0.15) is 11.9 Å². The largest absolute Gasteiger partial charge is 0.493 e. The van der Waals surface area contributed by atoms with E-state index < -0.39 is 5.97 Å². The molecule has 4 rings (SSSR count). The SMILES string of the molecule is COc1ccc(CC(=O)O)cc1Oc1ccc(C)cc1CN1C[C@H](c2ccccc2)OC1=O. The average Bonchev–Trinajstić information content (AvgIpc) is 3.16. The van der Waals surface area contributed by atoms with E-state index in [4.69, 9.17) is 19.3 Å². The Morgan fingerprint density at radius 3 is 2.55 bits per heavy atom. The lowest BCUT2D eigenvalue weighted by Gasteiger charge is -2.18. The second-order valence-electron chi connectivity index (χ2n) is 7.93. The van der Waals surface area contributed by atoms with Crippen LogP contribution in [-0.4, -0.2) is 35.7 Å². The third kappa shape index (κ3) is 5.26. The molecule has 1 saturated heterocycles. The highest BCUT2D eigenvalue weighted by Gasteiger charge is 2.32. The van der Waals surface area contributed by atoms with Crippen molar-refractivity contribution in [3.05, 3.63) is 89.0 Å². The van der Waals surface area contributed by atoms with E-state index in [0.717, 1.165) is 16.7 Å². The lowest BCUT2D eigenvalue weighted by atomic mass is 10.1. The number of rotatable bonds is 8. The molecule has 1 heterocycles. The Morgan fingerprint density at radius 1 is 1.06 bits per heavy atom. The lowest BCUT2D eigenvalue weighted by Crippen LogP contribution is -2.24. The van der Waals surface area contributed by atoms with E-state index in [9.17, 15) is 9.59 Å². The summed E-state index contributed by atoms with van der Waals surface area (Å²) in [7, 11) is 1.53. The lowest BCUT2D eigenvalue weighted by molar-refractivity contribution is -0.136. The van der Waals surface area contributed by atoms with Gasteiger partial charge in [-0.2, -0.15) is 0 Å². The number of hydrogen-bond acceptors (Lipinski definition) is 5. The first-order valence-electron chi connectivity index (χ1n) is 10.6. The quantitative estimate of drug-likeness (QED) is 0.516. The molecule has 7 nitrogen and oxygen atoms in total. The maximum absolute atomic E-state index is 12.6. The van der Waals surface area contributed by atoms with Crippen LogP contribution in [0.5, 0.6) is 17.2 Å². The highest BCUT2D eigenvalue weighted by atomic mass is 16.6. The Bertz CT molecular complexity index is 1160. The zero-order valence-corrected chi connectivity index (χ0v) is 18.5. The van der Waals surface area contributed by atoms with Gasteiger partial charge >= 0.3 is 12.1 Å². The van der Waals surface area contributed by atoms with Gasteiger partial charge in [0.2, 0.25) is 0 Å². The Hall–Kier alpha value is -4.00. The van der Waals surface area contributed by atoms with E-state index in [1.54, 1.807) is 23.1 Å². The maximum atomic E-state index is 12.6. The summed E-state index contributed by atoms with van der Waals surface area (Å²) in [6.45, 7) is 2.72. The van der Waals surface area contributed by atoms with Gasteiger partial charge in [-0.1, -0.05) is 54.1 Å². The molecule has 0 spiro atoms. The molecule has 1 N–H and O–H groups in total. The monoisotopic (exact) mass is 447 g/mol. The van der Waals surface area contributed by atoms with Gasteiger partial charge in [0.25, 0.3) is 0 Å². The third-order valence-corrected chi connectivity index (χ3v) is 5.44. The van der Waals surface area contributed by atoms with Crippen LogP contribution in [0.25, 0.3) is 0 Å². The fourth-order valence-electron chi connectivity index (χ4n) is 3.82. The summed E-state index contributed by atoms with van der Waals surface area (Å²) >= 11 is 0. The normalized spacial score (nSPS) is 15.3. The van der Waals surface area contributed by atoms with Gasteiger partial charge < -0.3 is 19.3 Å². The first-order chi connectivity index (χ1) is 15.9. The zero-order valence-electron chi connectivity index (χ0n) is 18.5. The summed E-state index contributed by atoms with van der Waals surface area (Å²) in [5.41, 5.74) is 3.39. The molecular formula is C26H25NO6. The van der Waals surface area contributed by atoms with Crippen molar-refractivity contribution in [3.63, 3.8) is 0 Å². The summed E-state index contributed by atoms with van der Waals surface area (Å²) < 4.78 is 17.1. The van der Waals surface area contributed by atoms with Crippen molar-refractivity contribution in [2.75, 3.05) is 13.7 Å². The van der Waals surface area contributed by atoms with Crippen LogP contribution in [-0.2, 0) is 22.5 Å². The minimum Gasteiger partial charge on any atom is -0.493 e. The van der Waals surface area contributed by atoms with Crippen LogP contribution in [0.1, 0.15) is 28.4 Å². The van der Waals surface area contributed by atoms with Gasteiger partial charge in [-0.25, -0.2) is 4.79 Å². The van der Waals surface area contributed by atoms with E-state index in [1.807, 2.05) is 55.5 Å². The van der Waals surface area contributed by atoms with Crippen LogP contribution in [0.15, 0.2) is 66.7 Å². The maximum Gasteiger partial charge on any atom is 0.410 e. The second kappa shape index (κ2) is 9.65. The predicted octanol–water partition coefficient (Wildman–Crippen LogP) is 5.12. The van der Waals surface area contributed by atoms with Crippen LogP contribution in [0.3, 0.4) is 0 Å². The van der Waals surface area contributed by atoms with Crippen LogP contribution >= 0.6 is 0 Å². The topological polar surface area (TPSA) is 85.3 Å². The minimum absolute atomic E-state index is 0.123. The highest BCUT2D eigenvalue weighted by molar-refractivity contribution is 5.71. The number of ether oxygens (including phenoxy) is 3. The molecule has 1 fully saturated rings. The third-order valence-electron chi connectivity index (χ3n) is 5.44. The molecule has 0 unspecified atom stereocenters. The first-order valence-corrected chi connectivity index (χ1v) is 10.6. The van der Waals surface area contributed by atoms with Crippen molar-refractivity contribution in [2.24, 2.45) is 0 Å². The van der Waals surface area contributed by atoms with Crippen molar-refractivity contribution in [2.45, 2.75) is 26.0 Å². The Morgan fingerprint density at radius 2 is 1.82 bits per heavy atom. The molecule has 0 bridgehead atoms. The summed E-state index contributed by atoms with van der Waals surface area (Å²) in [5, 5.41) is 9.12. The van der Waals surface area contributed by atoms with Crippen molar-refractivity contribution in [1.82, 2.24) is 4.90 Å². The number of cyclic esters (lactones) is 1. The molecule has 1 atom stereocenters. The van der Waals surface area contributed by atoms with Crippen LogP contribution in [0.4, 0.5) is 4.79 Å². The number of carbonyl (C=O) groups is 2. The second-order valence-corrected chi connectivity index (χ2v) is 7.93. The van der Waals surface area contributed by atoms with Crippen molar-refractivity contribution in [1.29, 1.82) is 0 Å². The summed E-state index contributed by atoms with van der Waals surface area (Å²) in [6.07, 6.45) is -0.820. The van der Waals surface area contributed by atoms with Gasteiger partial charge in [-0.15, -0.1) is 0 Å². The number of methoxy groups -OCH3 is 1. The van der Waals surface area contributed by atoms with Gasteiger partial charge in [-0.3, -0.25) is 9.69 Å². The molecule has 0 aromatic heterocycles. The number of benzene rings is 3. The summed E-state index contributed by atoms with van der Waals surface area (Å²) in [4.78, 5) is 25.3. The number of aryl methyl sites for hydroxylation is 1. The Labute approximate surface area is 192 Å². The van der Waals surface area contributed by atoms with Crippen LogP contribution in [0.2, 0.25) is 0 Å². The fraction of sp³-hybridized carbons (Fsp3) is 0.231. The molecule has 0 saturated carbocycles. The molecule has 0 aliphatic carbocycles. The molecule has 1 aliphatic rings. The van der Waals surface area contributed by atoms with Crippen LogP contribution < -0.4 is 9.47 Å². The van der Waals surface area contributed by atoms with E-state index in [0.29, 0.717) is 35.9 Å². The molecule has 170 valence electrons. The first kappa shape index (κ1) is 22.2. The van der Waals surface area contributed by atoms with Crippen molar-refractivity contribution >= 4 is 12.1 Å². The highest BCUT2D eigenvalue weighted by Crippen LogP contribution is 2.36. The molecule has 1 amide bonds. The fourth-order valence-corrected chi connectivity index (χ4v) is 3.82. The standard InChI is InChI=1S/C26H25NO6/c1-17-8-10-21(32-23-13-18(14-25(28)29)9-11-22(23)31-2)20(12-17)15-27-16-24(33-26(27)30)19-6-4-3-5-7-19/h3-13,24H,14-16H2,1-2H3,(H,28,29)/t24-/m1/s1. The van der Waals surface area contributed by atoms with E-state index in [-0.39, 0.29) is 18.6 Å².